The van der Waals surface area contributed by atoms with Gasteiger partial charge in [0.2, 0.25) is 0 Å². The summed E-state index contributed by atoms with van der Waals surface area (Å²) in [6, 6.07) is 9.63. The first-order valence-electron chi connectivity index (χ1n) is 6.11. The molecular weight excluding hydrogens is 238 g/mol. The van der Waals surface area contributed by atoms with Crippen LogP contribution in [0, 0.1) is 0 Å². The number of aromatic nitrogens is 1. The van der Waals surface area contributed by atoms with Crippen LogP contribution in [0.2, 0.25) is 0 Å². The number of pyridine rings is 1. The van der Waals surface area contributed by atoms with Gasteiger partial charge in [-0.15, -0.1) is 0 Å². The Kier molecular flexibility index (Phi) is 2.88. The van der Waals surface area contributed by atoms with E-state index < -0.39 is 0 Å². The monoisotopic (exact) mass is 251 g/mol. The van der Waals surface area contributed by atoms with Crippen molar-refractivity contribution in [1.29, 1.82) is 0 Å². The number of fused-ring (bicyclic) bond motifs is 2. The number of nitrogens with zero attached hydrogens (tertiary/aromatic N) is 1. The van der Waals surface area contributed by atoms with Gasteiger partial charge < -0.3 is 4.74 Å². The van der Waals surface area contributed by atoms with Gasteiger partial charge in [-0.25, -0.2) is 4.79 Å². The number of benzene rings is 1. The van der Waals surface area contributed by atoms with E-state index in [0.717, 1.165) is 23.2 Å². The number of methoxy groups -OCH3 is 1. The highest BCUT2D eigenvalue weighted by atomic mass is 16.5. The van der Waals surface area contributed by atoms with Gasteiger partial charge in [0.25, 0.3) is 0 Å². The molecule has 0 amide bonds. The first kappa shape index (κ1) is 11.7. The number of hydrogen-bond acceptors (Lipinski definition) is 3. The maximum absolute atomic E-state index is 11.6. The van der Waals surface area contributed by atoms with E-state index in [9.17, 15) is 4.79 Å². The Hall–Kier alpha value is -2.42. The second-order valence-electron chi connectivity index (χ2n) is 4.46. The first-order valence-corrected chi connectivity index (χ1v) is 6.11. The molecule has 1 aromatic heterocycles. The maximum Gasteiger partial charge on any atom is 0.337 e. The number of esters is 1. The van der Waals surface area contributed by atoms with E-state index in [1.807, 2.05) is 30.4 Å². The number of carbonyl (C=O) groups excluding carboxylic acids is 1. The van der Waals surface area contributed by atoms with Gasteiger partial charge in [0.15, 0.2) is 0 Å². The zero-order valence-corrected chi connectivity index (χ0v) is 10.6. The van der Waals surface area contributed by atoms with Gasteiger partial charge in [-0.3, -0.25) is 4.98 Å². The molecule has 1 aromatic carbocycles. The molecule has 0 N–H and O–H groups in total. The Labute approximate surface area is 111 Å². The molecular formula is C16H13NO2. The lowest BCUT2D eigenvalue weighted by molar-refractivity contribution is 0.0600. The molecule has 3 heteroatoms. The summed E-state index contributed by atoms with van der Waals surface area (Å²) in [5.41, 5.74) is 4.97. The minimum absolute atomic E-state index is 0.303. The van der Waals surface area contributed by atoms with E-state index in [2.05, 4.69) is 11.1 Å². The average Bonchev–Trinajstić information content (AvgIpc) is 2.64. The van der Waals surface area contributed by atoms with Crippen LogP contribution in [0.15, 0.2) is 36.5 Å². The van der Waals surface area contributed by atoms with Crippen LogP contribution in [0.25, 0.3) is 12.2 Å². The summed E-state index contributed by atoms with van der Waals surface area (Å²) < 4.78 is 4.76. The normalized spacial score (nSPS) is 12.3. The molecule has 0 saturated heterocycles. The molecule has 0 atom stereocenters. The van der Waals surface area contributed by atoms with Crippen molar-refractivity contribution < 1.29 is 9.53 Å². The fraction of sp³-hybridized carbons (Fsp3) is 0.125. The summed E-state index contributed by atoms with van der Waals surface area (Å²) in [4.78, 5) is 15.9. The van der Waals surface area contributed by atoms with Crippen LogP contribution in [0.3, 0.4) is 0 Å². The van der Waals surface area contributed by atoms with E-state index in [-0.39, 0.29) is 5.97 Å². The summed E-state index contributed by atoms with van der Waals surface area (Å²) in [5, 5.41) is 0. The molecule has 0 saturated carbocycles. The Bertz CT molecular complexity index is 674. The van der Waals surface area contributed by atoms with Gasteiger partial charge in [0.05, 0.1) is 18.4 Å². The van der Waals surface area contributed by atoms with Crippen molar-refractivity contribution in [3.63, 3.8) is 0 Å². The third-order valence-corrected chi connectivity index (χ3v) is 3.29. The summed E-state index contributed by atoms with van der Waals surface area (Å²) in [6.45, 7) is 0. The Balaban J connectivity index is 2.08. The average molecular weight is 251 g/mol. The van der Waals surface area contributed by atoms with Gasteiger partial charge >= 0.3 is 5.97 Å². The van der Waals surface area contributed by atoms with Crippen molar-refractivity contribution in [2.45, 2.75) is 6.42 Å². The van der Waals surface area contributed by atoms with Gasteiger partial charge in [-0.05, 0) is 41.0 Å². The molecule has 94 valence electrons. The van der Waals surface area contributed by atoms with Gasteiger partial charge in [0.1, 0.15) is 0 Å². The van der Waals surface area contributed by atoms with Crippen molar-refractivity contribution in [3.05, 3.63) is 64.5 Å². The van der Waals surface area contributed by atoms with E-state index in [0.29, 0.717) is 5.56 Å². The highest BCUT2D eigenvalue weighted by Crippen LogP contribution is 2.24. The van der Waals surface area contributed by atoms with E-state index >= 15 is 0 Å². The molecule has 0 bridgehead atoms. The topological polar surface area (TPSA) is 39.2 Å². The lowest BCUT2D eigenvalue weighted by atomic mass is 9.99. The van der Waals surface area contributed by atoms with Crippen molar-refractivity contribution in [2.24, 2.45) is 0 Å². The molecule has 2 aromatic rings. The summed E-state index contributed by atoms with van der Waals surface area (Å²) in [6.07, 6.45) is 6.61. The van der Waals surface area contributed by atoms with Crippen LogP contribution in [0.5, 0.6) is 0 Å². The largest absolute Gasteiger partial charge is 0.465 e. The third kappa shape index (κ3) is 2.15. The van der Waals surface area contributed by atoms with Crippen LogP contribution < -0.4 is 0 Å². The predicted octanol–water partition coefficient (Wildman–Crippen LogP) is 2.94. The molecule has 0 unspecified atom stereocenters. The molecule has 3 rings (SSSR count). The lowest BCUT2D eigenvalue weighted by Crippen LogP contribution is -2.03. The van der Waals surface area contributed by atoms with Crippen molar-refractivity contribution in [1.82, 2.24) is 4.98 Å². The van der Waals surface area contributed by atoms with Crippen molar-refractivity contribution in [3.8, 4) is 0 Å². The Morgan fingerprint density at radius 1 is 1.21 bits per heavy atom. The number of ether oxygens (including phenoxy) is 1. The SMILES string of the molecule is COC(=O)c1ccc2c(c1)Cc1cccnc1C=C2. The van der Waals surface area contributed by atoms with Gasteiger partial charge in [-0.1, -0.05) is 18.2 Å². The number of carbonyl (C=O) groups is 1. The molecule has 0 radical (unpaired) electrons. The van der Waals surface area contributed by atoms with E-state index in [1.54, 1.807) is 12.3 Å². The van der Waals surface area contributed by atoms with Crippen LogP contribution in [0.1, 0.15) is 32.7 Å². The van der Waals surface area contributed by atoms with Gasteiger partial charge in [-0.2, -0.15) is 0 Å². The van der Waals surface area contributed by atoms with E-state index in [1.165, 1.54) is 12.7 Å². The number of hydrogen-bond donors (Lipinski definition) is 0. The van der Waals surface area contributed by atoms with Gasteiger partial charge in [0, 0.05) is 12.6 Å². The standard InChI is InChI=1S/C16H13NO2/c1-19-16(18)13-5-4-11-6-7-15-12(3-2-8-17-15)9-14(11)10-13/h2-8,10H,9H2,1H3. The summed E-state index contributed by atoms with van der Waals surface area (Å²) >= 11 is 0. The number of rotatable bonds is 1. The zero-order valence-electron chi connectivity index (χ0n) is 10.6. The molecule has 1 aliphatic carbocycles. The van der Waals surface area contributed by atoms with E-state index in [4.69, 9.17) is 4.74 Å². The molecule has 3 nitrogen and oxygen atoms in total. The molecule has 0 aliphatic heterocycles. The fourth-order valence-corrected chi connectivity index (χ4v) is 2.29. The molecule has 0 spiro atoms. The van der Waals surface area contributed by atoms with Crippen LogP contribution in [-0.4, -0.2) is 18.1 Å². The highest BCUT2D eigenvalue weighted by Gasteiger charge is 2.13. The highest BCUT2D eigenvalue weighted by molar-refractivity contribution is 5.90. The van der Waals surface area contributed by atoms with Crippen LogP contribution >= 0.6 is 0 Å². The second-order valence-corrected chi connectivity index (χ2v) is 4.46. The molecule has 0 fully saturated rings. The molecule has 1 heterocycles. The third-order valence-electron chi connectivity index (χ3n) is 3.29. The molecule has 1 aliphatic rings. The van der Waals surface area contributed by atoms with Crippen molar-refractivity contribution in [2.75, 3.05) is 7.11 Å². The summed E-state index contributed by atoms with van der Waals surface area (Å²) in [7, 11) is 1.40. The quantitative estimate of drug-likeness (QED) is 0.624. The minimum atomic E-state index is -0.303. The Morgan fingerprint density at radius 3 is 2.95 bits per heavy atom. The first-order chi connectivity index (χ1) is 9.28. The predicted molar refractivity (Wildman–Crippen MR) is 73.8 cm³/mol. The maximum atomic E-state index is 11.6. The second kappa shape index (κ2) is 4.69. The molecule has 19 heavy (non-hydrogen) atoms. The minimum Gasteiger partial charge on any atom is -0.465 e. The fourth-order valence-electron chi connectivity index (χ4n) is 2.29. The smallest absolute Gasteiger partial charge is 0.337 e. The van der Waals surface area contributed by atoms with Crippen LogP contribution in [-0.2, 0) is 11.2 Å². The Morgan fingerprint density at radius 2 is 2.11 bits per heavy atom. The lowest BCUT2D eigenvalue weighted by Gasteiger charge is -2.07. The summed E-state index contributed by atoms with van der Waals surface area (Å²) in [5.74, 6) is -0.303. The zero-order chi connectivity index (χ0) is 13.2. The van der Waals surface area contributed by atoms with Crippen molar-refractivity contribution >= 4 is 18.1 Å². The van der Waals surface area contributed by atoms with Crippen LogP contribution in [0.4, 0.5) is 0 Å².